The highest BCUT2D eigenvalue weighted by Crippen LogP contribution is 2.28. The van der Waals surface area contributed by atoms with Crippen LogP contribution in [0.5, 0.6) is 0 Å². The van der Waals surface area contributed by atoms with Crippen LogP contribution in [0.2, 0.25) is 10.0 Å². The lowest BCUT2D eigenvalue weighted by Crippen LogP contribution is -2.13. The van der Waals surface area contributed by atoms with Crippen molar-refractivity contribution in [3.8, 4) is 5.69 Å². The average Bonchev–Trinajstić information content (AvgIpc) is 3.24. The van der Waals surface area contributed by atoms with Crippen LogP contribution >= 0.6 is 35.0 Å². The number of nitrogens with one attached hydrogen (secondary N) is 1. The second-order valence-electron chi connectivity index (χ2n) is 6.21. The number of aromatic nitrogens is 4. The zero-order valence-corrected chi connectivity index (χ0v) is 17.8. The van der Waals surface area contributed by atoms with Gasteiger partial charge in [-0.25, -0.2) is 0 Å². The predicted molar refractivity (Wildman–Crippen MR) is 120 cm³/mol. The van der Waals surface area contributed by atoms with Crippen molar-refractivity contribution in [1.29, 1.82) is 0 Å². The van der Waals surface area contributed by atoms with Gasteiger partial charge in [0.05, 0.1) is 27.0 Å². The van der Waals surface area contributed by atoms with Crippen molar-refractivity contribution in [3.63, 3.8) is 0 Å². The number of carbonyl (C=O) groups is 1. The quantitative estimate of drug-likeness (QED) is 0.387. The van der Waals surface area contributed by atoms with Gasteiger partial charge in [0.2, 0.25) is 0 Å². The minimum atomic E-state index is -0.237. The number of hydrogen-bond acceptors (Lipinski definition) is 5. The van der Waals surface area contributed by atoms with E-state index in [1.54, 1.807) is 28.9 Å². The van der Waals surface area contributed by atoms with Crippen LogP contribution in [0.1, 0.15) is 16.2 Å². The molecule has 4 aromatic rings. The Morgan fingerprint density at radius 3 is 2.53 bits per heavy atom. The maximum absolute atomic E-state index is 12.8. The average molecular weight is 456 g/mol. The van der Waals surface area contributed by atoms with E-state index in [1.165, 1.54) is 11.8 Å². The Kier molecular flexibility index (Phi) is 6.32. The number of amides is 1. The van der Waals surface area contributed by atoms with Crippen molar-refractivity contribution in [2.24, 2.45) is 0 Å². The Balaban J connectivity index is 1.51. The zero-order valence-electron chi connectivity index (χ0n) is 15.5. The van der Waals surface area contributed by atoms with Gasteiger partial charge in [0.1, 0.15) is 0 Å². The molecule has 0 bridgehead atoms. The highest BCUT2D eigenvalue weighted by Gasteiger charge is 2.15. The van der Waals surface area contributed by atoms with Crippen LogP contribution < -0.4 is 5.32 Å². The van der Waals surface area contributed by atoms with Crippen LogP contribution in [0.4, 0.5) is 5.69 Å². The Bertz CT molecular complexity index is 1180. The summed E-state index contributed by atoms with van der Waals surface area (Å²) in [4.78, 5) is 13.7. The number of tetrazole rings is 1. The minimum absolute atomic E-state index is 0.237. The molecule has 150 valence electrons. The summed E-state index contributed by atoms with van der Waals surface area (Å²) in [6.07, 6.45) is 0. The van der Waals surface area contributed by atoms with Gasteiger partial charge in [0.25, 0.3) is 5.91 Å². The van der Waals surface area contributed by atoms with Crippen LogP contribution in [0.15, 0.2) is 77.7 Å². The SMILES string of the molecule is O=C(Nc1ccc(Cl)c(Cl)c1)c1ccccc1SCc1nnnn1-c1ccccc1. The maximum Gasteiger partial charge on any atom is 0.256 e. The van der Waals surface area contributed by atoms with Crippen molar-refractivity contribution in [2.75, 3.05) is 5.32 Å². The van der Waals surface area contributed by atoms with E-state index in [4.69, 9.17) is 23.2 Å². The molecule has 1 aromatic heterocycles. The van der Waals surface area contributed by atoms with Gasteiger partial charge in [-0.2, -0.15) is 4.68 Å². The third kappa shape index (κ3) is 4.64. The fourth-order valence-electron chi connectivity index (χ4n) is 2.76. The smallest absolute Gasteiger partial charge is 0.256 e. The number of rotatable bonds is 6. The number of halogens is 2. The van der Waals surface area contributed by atoms with Crippen LogP contribution in [0.3, 0.4) is 0 Å². The Morgan fingerprint density at radius 1 is 0.967 bits per heavy atom. The van der Waals surface area contributed by atoms with E-state index >= 15 is 0 Å². The first-order valence-corrected chi connectivity index (χ1v) is 10.7. The lowest BCUT2D eigenvalue weighted by atomic mass is 10.2. The summed E-state index contributed by atoms with van der Waals surface area (Å²) >= 11 is 13.5. The molecule has 6 nitrogen and oxygen atoms in total. The molecule has 0 aliphatic carbocycles. The molecule has 0 spiro atoms. The molecule has 0 atom stereocenters. The molecule has 0 aliphatic rings. The number of carbonyl (C=O) groups excluding carboxylic acids is 1. The molecule has 30 heavy (non-hydrogen) atoms. The summed E-state index contributed by atoms with van der Waals surface area (Å²) in [7, 11) is 0. The van der Waals surface area contributed by atoms with Crippen molar-refractivity contribution < 1.29 is 4.79 Å². The fraction of sp³-hybridized carbons (Fsp3) is 0.0476. The Labute approximate surface area is 187 Å². The monoisotopic (exact) mass is 455 g/mol. The van der Waals surface area contributed by atoms with E-state index in [0.29, 0.717) is 32.9 Å². The zero-order chi connectivity index (χ0) is 20.9. The van der Waals surface area contributed by atoms with Crippen LogP contribution in [0.25, 0.3) is 5.69 Å². The Morgan fingerprint density at radius 2 is 1.73 bits per heavy atom. The topological polar surface area (TPSA) is 72.7 Å². The maximum atomic E-state index is 12.8. The molecule has 4 rings (SSSR count). The highest BCUT2D eigenvalue weighted by molar-refractivity contribution is 7.98. The standard InChI is InChI=1S/C21H15Cl2N5OS/c22-17-11-10-14(12-18(17)23)24-21(29)16-8-4-5-9-19(16)30-13-20-25-26-27-28(20)15-6-2-1-3-7-15/h1-12H,13H2,(H,24,29). The van der Waals surface area contributed by atoms with Gasteiger partial charge in [-0.15, -0.1) is 16.9 Å². The summed E-state index contributed by atoms with van der Waals surface area (Å²) in [5.41, 5.74) is 2.00. The number of benzene rings is 3. The molecular weight excluding hydrogens is 441 g/mol. The van der Waals surface area contributed by atoms with Gasteiger partial charge in [-0.05, 0) is 52.9 Å². The number of para-hydroxylation sites is 1. The van der Waals surface area contributed by atoms with Gasteiger partial charge < -0.3 is 5.32 Å². The summed E-state index contributed by atoms with van der Waals surface area (Å²) in [5, 5.41) is 15.6. The number of nitrogens with zero attached hydrogens (tertiary/aromatic N) is 4. The molecule has 0 saturated carbocycles. The van der Waals surface area contributed by atoms with Crippen LogP contribution in [0, 0.1) is 0 Å². The van der Waals surface area contributed by atoms with Gasteiger partial charge in [0, 0.05) is 10.6 Å². The normalized spacial score (nSPS) is 10.7. The molecule has 1 amide bonds. The third-order valence-electron chi connectivity index (χ3n) is 4.20. The van der Waals surface area contributed by atoms with Crippen LogP contribution in [-0.2, 0) is 5.75 Å². The van der Waals surface area contributed by atoms with Crippen molar-refractivity contribution in [1.82, 2.24) is 20.2 Å². The van der Waals surface area contributed by atoms with E-state index in [9.17, 15) is 4.79 Å². The largest absolute Gasteiger partial charge is 0.322 e. The van der Waals surface area contributed by atoms with E-state index < -0.39 is 0 Å². The number of anilines is 1. The first kappa shape index (κ1) is 20.4. The summed E-state index contributed by atoms with van der Waals surface area (Å²) in [6, 6.07) is 22.0. The van der Waals surface area contributed by atoms with Crippen LogP contribution in [-0.4, -0.2) is 26.1 Å². The van der Waals surface area contributed by atoms with Gasteiger partial charge in [-0.1, -0.05) is 53.5 Å². The van der Waals surface area contributed by atoms with Crippen molar-refractivity contribution in [3.05, 3.63) is 94.2 Å². The summed E-state index contributed by atoms with van der Waals surface area (Å²) in [6.45, 7) is 0. The molecule has 0 radical (unpaired) electrons. The molecule has 1 heterocycles. The fourth-order valence-corrected chi connectivity index (χ4v) is 4.01. The predicted octanol–water partition coefficient (Wildman–Crippen LogP) is 5.51. The molecule has 0 saturated heterocycles. The van der Waals surface area contributed by atoms with E-state index in [2.05, 4.69) is 20.8 Å². The van der Waals surface area contributed by atoms with Crippen molar-refractivity contribution >= 4 is 46.6 Å². The molecule has 1 N–H and O–H groups in total. The molecule has 9 heteroatoms. The van der Waals surface area contributed by atoms with Gasteiger partial charge in [-0.3, -0.25) is 4.79 Å². The van der Waals surface area contributed by atoms with Gasteiger partial charge in [0.15, 0.2) is 5.82 Å². The number of thioether (sulfide) groups is 1. The first-order valence-electron chi connectivity index (χ1n) is 8.93. The molecule has 3 aromatic carbocycles. The summed E-state index contributed by atoms with van der Waals surface area (Å²) in [5.74, 6) is 0.948. The van der Waals surface area contributed by atoms with E-state index in [-0.39, 0.29) is 5.91 Å². The lowest BCUT2D eigenvalue weighted by molar-refractivity contribution is 0.102. The van der Waals surface area contributed by atoms with Gasteiger partial charge >= 0.3 is 0 Å². The Hall–Kier alpha value is -2.87. The van der Waals surface area contributed by atoms with E-state index in [0.717, 1.165) is 10.6 Å². The molecule has 0 unspecified atom stereocenters. The molecular formula is C21H15Cl2N5OS. The molecule has 0 aliphatic heterocycles. The molecule has 0 fully saturated rings. The minimum Gasteiger partial charge on any atom is -0.322 e. The first-order chi connectivity index (χ1) is 14.6. The highest BCUT2D eigenvalue weighted by atomic mass is 35.5. The second kappa shape index (κ2) is 9.30. The lowest BCUT2D eigenvalue weighted by Gasteiger charge is -2.10. The third-order valence-corrected chi connectivity index (χ3v) is 6.01. The van der Waals surface area contributed by atoms with E-state index in [1.807, 2.05) is 48.5 Å². The van der Waals surface area contributed by atoms with Crippen molar-refractivity contribution in [2.45, 2.75) is 10.6 Å². The number of hydrogen-bond donors (Lipinski definition) is 1. The second-order valence-corrected chi connectivity index (χ2v) is 8.04. The summed E-state index contributed by atoms with van der Waals surface area (Å²) < 4.78 is 1.69.